The Hall–Kier alpha value is -0.160. The summed E-state index contributed by atoms with van der Waals surface area (Å²) < 4.78 is 20.4. The van der Waals surface area contributed by atoms with Crippen molar-refractivity contribution in [3.63, 3.8) is 0 Å². The van der Waals surface area contributed by atoms with Crippen molar-refractivity contribution in [3.8, 4) is 0 Å². The molecule has 16 heavy (non-hydrogen) atoms. The summed E-state index contributed by atoms with van der Waals surface area (Å²) in [5.41, 5.74) is 0.698. The average molecular weight is 334 g/mol. The van der Waals surface area contributed by atoms with Gasteiger partial charge in [0.25, 0.3) is 0 Å². The number of hydrogen-bond acceptors (Lipinski definition) is 1. The van der Waals surface area contributed by atoms with Gasteiger partial charge < -0.3 is 4.74 Å². The number of hydrogen-bond donors (Lipinski definition) is 0. The minimum atomic E-state index is -0.151. The lowest BCUT2D eigenvalue weighted by Gasteiger charge is -2.21. The van der Waals surface area contributed by atoms with Gasteiger partial charge in [0, 0.05) is 9.99 Å². The zero-order chi connectivity index (χ0) is 11.4. The van der Waals surface area contributed by atoms with Crippen LogP contribution in [0.1, 0.15) is 37.4 Å². The van der Waals surface area contributed by atoms with Gasteiger partial charge in [-0.1, -0.05) is 53.6 Å². The van der Waals surface area contributed by atoms with Crippen molar-refractivity contribution in [2.24, 2.45) is 0 Å². The normalized spacial score (nSPS) is 18.9. The summed E-state index contributed by atoms with van der Waals surface area (Å²) in [5, 5.41) is 0. The summed E-state index contributed by atoms with van der Waals surface area (Å²) in [7, 11) is 0. The second-order valence-electron chi connectivity index (χ2n) is 4.21. The Kier molecular flexibility index (Phi) is 4.58. The molecule has 1 aromatic carbocycles. The molecule has 2 rings (SSSR count). The van der Waals surface area contributed by atoms with Crippen molar-refractivity contribution in [1.82, 2.24) is 0 Å². The van der Waals surface area contributed by atoms with E-state index in [9.17, 15) is 4.39 Å². The number of ether oxygens (including phenoxy) is 1. The zero-order valence-corrected chi connectivity index (χ0v) is 11.3. The Balaban J connectivity index is 2.06. The van der Waals surface area contributed by atoms with E-state index in [4.69, 9.17) is 4.74 Å². The van der Waals surface area contributed by atoms with Crippen LogP contribution in [0.2, 0.25) is 0 Å². The van der Waals surface area contributed by atoms with Gasteiger partial charge in [0.05, 0.1) is 12.2 Å². The smallest absolute Gasteiger partial charge is 0.129 e. The number of alkyl halides is 1. The molecule has 0 radical (unpaired) electrons. The van der Waals surface area contributed by atoms with E-state index in [0.29, 0.717) is 11.7 Å². The van der Waals surface area contributed by atoms with Crippen LogP contribution < -0.4 is 0 Å². The van der Waals surface area contributed by atoms with Crippen molar-refractivity contribution < 1.29 is 9.13 Å². The lowest BCUT2D eigenvalue weighted by atomic mass is 10.1. The van der Waals surface area contributed by atoms with E-state index in [2.05, 4.69) is 22.6 Å². The molecule has 0 spiro atoms. The quantitative estimate of drug-likeness (QED) is 0.591. The zero-order valence-electron chi connectivity index (χ0n) is 9.16. The molecule has 88 valence electrons. The Bertz CT molecular complexity index is 336. The first kappa shape index (κ1) is 12.3. The van der Waals surface area contributed by atoms with Gasteiger partial charge in [0.15, 0.2) is 0 Å². The molecule has 1 saturated carbocycles. The molecule has 1 aromatic rings. The van der Waals surface area contributed by atoms with Crippen LogP contribution in [0.15, 0.2) is 24.3 Å². The molecule has 0 amide bonds. The molecule has 0 aliphatic heterocycles. The third-order valence-electron chi connectivity index (χ3n) is 3.05. The number of halogens is 2. The van der Waals surface area contributed by atoms with E-state index < -0.39 is 0 Å². The largest absolute Gasteiger partial charge is 0.369 e. The highest BCUT2D eigenvalue weighted by molar-refractivity contribution is 14.1. The summed E-state index contributed by atoms with van der Waals surface area (Å²) >= 11 is 2.26. The Labute approximate surface area is 110 Å². The van der Waals surface area contributed by atoms with Crippen LogP contribution in [0.25, 0.3) is 0 Å². The highest BCUT2D eigenvalue weighted by atomic mass is 127. The summed E-state index contributed by atoms with van der Waals surface area (Å²) in [6.07, 6.45) is 4.99. The second kappa shape index (κ2) is 5.96. The van der Waals surface area contributed by atoms with Crippen molar-refractivity contribution in [2.75, 3.05) is 4.43 Å². The second-order valence-corrected chi connectivity index (χ2v) is 5.09. The van der Waals surface area contributed by atoms with Crippen LogP contribution in [-0.2, 0) is 4.74 Å². The number of rotatable bonds is 4. The van der Waals surface area contributed by atoms with E-state index in [-0.39, 0.29) is 11.9 Å². The minimum absolute atomic E-state index is 0.0927. The molecule has 3 heteroatoms. The third-order valence-corrected chi connectivity index (χ3v) is 3.85. The van der Waals surface area contributed by atoms with Crippen LogP contribution in [0.4, 0.5) is 4.39 Å². The van der Waals surface area contributed by atoms with E-state index in [1.807, 2.05) is 12.1 Å². The lowest BCUT2D eigenvalue weighted by Crippen LogP contribution is -2.15. The predicted octanol–water partition coefficient (Wildman–Crippen LogP) is 4.26. The highest BCUT2D eigenvalue weighted by Crippen LogP contribution is 2.30. The predicted molar refractivity (Wildman–Crippen MR) is 71.4 cm³/mol. The van der Waals surface area contributed by atoms with Crippen LogP contribution >= 0.6 is 22.6 Å². The maximum absolute atomic E-state index is 13.6. The Morgan fingerprint density at radius 3 is 2.62 bits per heavy atom. The van der Waals surface area contributed by atoms with E-state index in [1.165, 1.54) is 18.9 Å². The van der Waals surface area contributed by atoms with Gasteiger partial charge >= 0.3 is 0 Å². The molecule has 1 aliphatic rings. The fourth-order valence-corrected chi connectivity index (χ4v) is 2.87. The van der Waals surface area contributed by atoms with Crippen LogP contribution in [0, 0.1) is 5.82 Å². The molecule has 0 heterocycles. The minimum Gasteiger partial charge on any atom is -0.369 e. The van der Waals surface area contributed by atoms with Crippen molar-refractivity contribution in [3.05, 3.63) is 35.6 Å². The highest BCUT2D eigenvalue weighted by Gasteiger charge is 2.22. The topological polar surface area (TPSA) is 9.23 Å². The Morgan fingerprint density at radius 2 is 2.00 bits per heavy atom. The molecule has 0 aromatic heterocycles. The van der Waals surface area contributed by atoms with Gasteiger partial charge in [-0.05, 0) is 18.9 Å². The first-order valence-electron chi connectivity index (χ1n) is 5.77. The van der Waals surface area contributed by atoms with Crippen molar-refractivity contribution >= 4 is 22.6 Å². The maximum atomic E-state index is 13.6. The van der Waals surface area contributed by atoms with E-state index in [1.54, 1.807) is 6.07 Å². The molecule has 0 N–H and O–H groups in total. The monoisotopic (exact) mass is 334 g/mol. The summed E-state index contributed by atoms with van der Waals surface area (Å²) in [6.45, 7) is 0. The first-order valence-corrected chi connectivity index (χ1v) is 7.29. The summed E-state index contributed by atoms with van der Waals surface area (Å²) in [5.74, 6) is -0.151. The fraction of sp³-hybridized carbons (Fsp3) is 0.538. The number of benzene rings is 1. The molecular weight excluding hydrogens is 318 g/mol. The van der Waals surface area contributed by atoms with Gasteiger partial charge in [-0.2, -0.15) is 0 Å². The van der Waals surface area contributed by atoms with Gasteiger partial charge in [-0.3, -0.25) is 0 Å². The third kappa shape index (κ3) is 2.94. The molecule has 1 fully saturated rings. The molecule has 0 saturated heterocycles. The van der Waals surface area contributed by atoms with Gasteiger partial charge in [-0.15, -0.1) is 0 Å². The Morgan fingerprint density at radius 1 is 1.31 bits per heavy atom. The molecule has 0 bridgehead atoms. The van der Waals surface area contributed by atoms with E-state index in [0.717, 1.165) is 17.3 Å². The molecule has 1 unspecified atom stereocenters. The summed E-state index contributed by atoms with van der Waals surface area (Å²) in [4.78, 5) is 0. The van der Waals surface area contributed by atoms with Crippen LogP contribution in [0.5, 0.6) is 0 Å². The van der Waals surface area contributed by atoms with Crippen molar-refractivity contribution in [2.45, 2.75) is 37.9 Å². The van der Waals surface area contributed by atoms with Gasteiger partial charge in [0.1, 0.15) is 5.82 Å². The molecule has 1 aliphatic carbocycles. The standard InChI is InChI=1S/C13H16FIO/c14-12-8-4-3-7-11(12)13(9-15)16-10-5-1-2-6-10/h3-4,7-8,10,13H,1-2,5-6,9H2. The summed E-state index contributed by atoms with van der Waals surface area (Å²) in [6, 6.07) is 6.93. The maximum Gasteiger partial charge on any atom is 0.129 e. The average Bonchev–Trinajstić information content (AvgIpc) is 2.80. The van der Waals surface area contributed by atoms with Crippen LogP contribution in [0.3, 0.4) is 0 Å². The lowest BCUT2D eigenvalue weighted by molar-refractivity contribution is 0.00356. The van der Waals surface area contributed by atoms with Crippen molar-refractivity contribution in [1.29, 1.82) is 0 Å². The van der Waals surface area contributed by atoms with Gasteiger partial charge in [0.2, 0.25) is 0 Å². The molecule has 1 nitrogen and oxygen atoms in total. The molecular formula is C13H16FIO. The first-order chi connectivity index (χ1) is 7.81. The fourth-order valence-electron chi connectivity index (χ4n) is 2.19. The van der Waals surface area contributed by atoms with E-state index >= 15 is 0 Å². The van der Waals surface area contributed by atoms with Gasteiger partial charge in [-0.25, -0.2) is 4.39 Å². The van der Waals surface area contributed by atoms with Crippen LogP contribution in [-0.4, -0.2) is 10.5 Å². The molecule has 1 atom stereocenters. The SMILES string of the molecule is Fc1ccccc1C(CI)OC1CCCC1.